The van der Waals surface area contributed by atoms with Crippen molar-refractivity contribution in [3.8, 4) is 11.4 Å². The van der Waals surface area contributed by atoms with Gasteiger partial charge in [0.2, 0.25) is 0 Å². The minimum absolute atomic E-state index is 0.130. The number of imidazole rings is 1. The normalized spacial score (nSPS) is 11.5. The third-order valence-corrected chi connectivity index (χ3v) is 3.36. The van der Waals surface area contributed by atoms with Crippen molar-refractivity contribution < 1.29 is 27.8 Å². The van der Waals surface area contributed by atoms with E-state index in [9.17, 15) is 18.0 Å². The number of carbonyl (C=O) groups is 1. The number of aromatic carboxylic acids is 1. The summed E-state index contributed by atoms with van der Waals surface area (Å²) in [6, 6.07) is 1.42. The lowest BCUT2D eigenvalue weighted by Gasteiger charge is -2.13. The lowest BCUT2D eigenvalue weighted by atomic mass is 10.2. The first kappa shape index (κ1) is 17.8. The van der Waals surface area contributed by atoms with Crippen LogP contribution in [-0.2, 0) is 12.8 Å². The van der Waals surface area contributed by atoms with Crippen LogP contribution in [0.5, 0.6) is 5.75 Å². The number of alkyl halides is 3. The fraction of sp³-hybridized carbons (Fsp3) is 0.400. The Balaban J connectivity index is 2.39. The largest absolute Gasteiger partial charge is 0.494 e. The number of methoxy groups -OCH3 is 1. The van der Waals surface area contributed by atoms with Crippen molar-refractivity contribution in [1.29, 1.82) is 0 Å². The Bertz CT molecular complexity index is 741. The molecule has 0 aliphatic heterocycles. The zero-order valence-electron chi connectivity index (χ0n) is 13.1. The van der Waals surface area contributed by atoms with Crippen molar-refractivity contribution in [2.45, 2.75) is 32.4 Å². The molecule has 0 aromatic carbocycles. The molecule has 0 saturated carbocycles. The van der Waals surface area contributed by atoms with E-state index in [0.29, 0.717) is 23.7 Å². The van der Waals surface area contributed by atoms with Gasteiger partial charge in [-0.25, -0.2) is 9.78 Å². The molecular formula is C15H16F3N3O3. The number of carboxylic acids is 1. The molecule has 0 radical (unpaired) electrons. The summed E-state index contributed by atoms with van der Waals surface area (Å²) < 4.78 is 43.7. The number of hydrogen-bond acceptors (Lipinski definition) is 4. The topological polar surface area (TPSA) is 77.2 Å². The van der Waals surface area contributed by atoms with Crippen LogP contribution >= 0.6 is 0 Å². The quantitative estimate of drug-likeness (QED) is 0.872. The molecule has 24 heavy (non-hydrogen) atoms. The first-order chi connectivity index (χ1) is 11.2. The molecule has 1 N–H and O–H groups in total. The number of carboxylic acid groups (broad SMARTS) is 1. The zero-order chi connectivity index (χ0) is 17.9. The summed E-state index contributed by atoms with van der Waals surface area (Å²) in [5, 5.41) is 9.05. The van der Waals surface area contributed by atoms with Crippen molar-refractivity contribution in [2.24, 2.45) is 0 Å². The van der Waals surface area contributed by atoms with E-state index in [4.69, 9.17) is 9.84 Å². The van der Waals surface area contributed by atoms with E-state index < -0.39 is 18.6 Å². The van der Waals surface area contributed by atoms with Crippen molar-refractivity contribution in [2.75, 3.05) is 7.11 Å². The minimum atomic E-state index is -4.26. The molecule has 0 atom stereocenters. The van der Waals surface area contributed by atoms with E-state index in [-0.39, 0.29) is 17.8 Å². The number of aryl methyl sites for hydroxylation is 2. The van der Waals surface area contributed by atoms with Crippen molar-refractivity contribution in [1.82, 2.24) is 14.5 Å². The molecule has 6 nitrogen and oxygen atoms in total. The fourth-order valence-corrected chi connectivity index (χ4v) is 2.20. The maximum absolute atomic E-state index is 12.3. The number of ether oxygens (including phenoxy) is 1. The molecule has 2 aromatic rings. The fourth-order valence-electron chi connectivity index (χ4n) is 2.20. The SMILES string of the molecule is CCc1nc(C(=O)O)cn1-c1cnc(CCC(F)(F)F)cc1OC. The Morgan fingerprint density at radius 3 is 2.67 bits per heavy atom. The molecule has 0 saturated heterocycles. The van der Waals surface area contributed by atoms with Crippen LogP contribution in [0.25, 0.3) is 5.69 Å². The highest BCUT2D eigenvalue weighted by Gasteiger charge is 2.27. The highest BCUT2D eigenvalue weighted by molar-refractivity contribution is 5.85. The summed E-state index contributed by atoms with van der Waals surface area (Å²) in [4.78, 5) is 19.1. The summed E-state index contributed by atoms with van der Waals surface area (Å²) in [7, 11) is 1.38. The number of halogens is 3. The predicted octanol–water partition coefficient (Wildman–Crippen LogP) is 3.03. The third-order valence-electron chi connectivity index (χ3n) is 3.36. The lowest BCUT2D eigenvalue weighted by Crippen LogP contribution is -2.10. The molecule has 0 aliphatic rings. The molecule has 0 aliphatic carbocycles. The van der Waals surface area contributed by atoms with Crippen LogP contribution in [0.2, 0.25) is 0 Å². The zero-order valence-corrected chi connectivity index (χ0v) is 13.1. The van der Waals surface area contributed by atoms with E-state index >= 15 is 0 Å². The number of aromatic nitrogens is 3. The van der Waals surface area contributed by atoms with Gasteiger partial charge in [0.1, 0.15) is 17.3 Å². The van der Waals surface area contributed by atoms with Gasteiger partial charge in [-0.2, -0.15) is 13.2 Å². The average Bonchev–Trinajstić information content (AvgIpc) is 2.96. The molecule has 130 valence electrons. The lowest BCUT2D eigenvalue weighted by molar-refractivity contribution is -0.134. The molecule has 0 fully saturated rings. The summed E-state index contributed by atoms with van der Waals surface area (Å²) in [5.41, 5.74) is 0.532. The van der Waals surface area contributed by atoms with Gasteiger partial charge in [0.15, 0.2) is 5.69 Å². The molecule has 2 rings (SSSR count). The van der Waals surface area contributed by atoms with Crippen LogP contribution in [0.1, 0.15) is 35.4 Å². The smallest absolute Gasteiger partial charge is 0.389 e. The van der Waals surface area contributed by atoms with Crippen molar-refractivity contribution >= 4 is 5.97 Å². The van der Waals surface area contributed by atoms with Gasteiger partial charge in [-0.15, -0.1) is 0 Å². The second-order valence-corrected chi connectivity index (χ2v) is 5.03. The third kappa shape index (κ3) is 4.03. The summed E-state index contributed by atoms with van der Waals surface area (Å²) in [6.45, 7) is 1.81. The van der Waals surface area contributed by atoms with Crippen LogP contribution in [0.3, 0.4) is 0 Å². The van der Waals surface area contributed by atoms with Crippen LogP contribution in [-0.4, -0.2) is 38.9 Å². The van der Waals surface area contributed by atoms with Gasteiger partial charge in [0.05, 0.1) is 13.3 Å². The van der Waals surface area contributed by atoms with Gasteiger partial charge in [-0.05, 0) is 6.42 Å². The van der Waals surface area contributed by atoms with Gasteiger partial charge in [0, 0.05) is 30.8 Å². The van der Waals surface area contributed by atoms with E-state index in [0.717, 1.165) is 0 Å². The Kier molecular flexibility index (Phi) is 5.10. The first-order valence-electron chi connectivity index (χ1n) is 7.16. The van der Waals surface area contributed by atoms with Crippen LogP contribution < -0.4 is 4.74 Å². The van der Waals surface area contributed by atoms with E-state index in [1.54, 1.807) is 0 Å². The summed E-state index contributed by atoms with van der Waals surface area (Å²) >= 11 is 0. The van der Waals surface area contributed by atoms with Gasteiger partial charge >= 0.3 is 12.1 Å². The molecular weight excluding hydrogens is 327 g/mol. The van der Waals surface area contributed by atoms with Crippen LogP contribution in [0.15, 0.2) is 18.5 Å². The molecule has 0 bridgehead atoms. The summed E-state index contributed by atoms with van der Waals surface area (Å²) in [6.07, 6.45) is -2.34. The molecule has 2 aromatic heterocycles. The highest BCUT2D eigenvalue weighted by atomic mass is 19.4. The minimum Gasteiger partial charge on any atom is -0.494 e. The van der Waals surface area contributed by atoms with E-state index in [1.165, 1.54) is 30.1 Å². The predicted molar refractivity (Wildman–Crippen MR) is 78.6 cm³/mol. The number of hydrogen-bond donors (Lipinski definition) is 1. The van der Waals surface area contributed by atoms with Gasteiger partial charge < -0.3 is 9.84 Å². The van der Waals surface area contributed by atoms with Crippen LogP contribution in [0.4, 0.5) is 13.2 Å². The second-order valence-electron chi connectivity index (χ2n) is 5.03. The highest BCUT2D eigenvalue weighted by Crippen LogP contribution is 2.27. The maximum Gasteiger partial charge on any atom is 0.389 e. The number of nitrogens with zero attached hydrogens (tertiary/aromatic N) is 3. The molecule has 0 unspecified atom stereocenters. The number of pyridine rings is 1. The van der Waals surface area contributed by atoms with E-state index in [2.05, 4.69) is 9.97 Å². The monoisotopic (exact) mass is 343 g/mol. The van der Waals surface area contributed by atoms with E-state index in [1.807, 2.05) is 6.92 Å². The Morgan fingerprint density at radius 1 is 1.42 bits per heavy atom. The Hall–Kier alpha value is -2.58. The van der Waals surface area contributed by atoms with Gasteiger partial charge in [0.25, 0.3) is 0 Å². The maximum atomic E-state index is 12.3. The van der Waals surface area contributed by atoms with Gasteiger partial charge in [-0.1, -0.05) is 6.92 Å². The molecule has 0 amide bonds. The molecule has 0 spiro atoms. The molecule has 2 heterocycles. The van der Waals surface area contributed by atoms with Crippen molar-refractivity contribution in [3.63, 3.8) is 0 Å². The Morgan fingerprint density at radius 2 is 2.12 bits per heavy atom. The standard InChI is InChI=1S/C15H16F3N3O3/c1-3-13-20-10(14(22)23)8-21(13)11-7-19-9(6-12(11)24-2)4-5-15(16,17)18/h6-8H,3-5H2,1-2H3,(H,22,23). The average molecular weight is 343 g/mol. The van der Waals surface area contributed by atoms with Crippen LogP contribution in [0, 0.1) is 0 Å². The Labute approximate surface area is 135 Å². The number of rotatable bonds is 6. The first-order valence-corrected chi connectivity index (χ1v) is 7.16. The molecule has 9 heteroatoms. The second kappa shape index (κ2) is 6.90. The summed E-state index contributed by atoms with van der Waals surface area (Å²) in [5.74, 6) is -0.390. The van der Waals surface area contributed by atoms with Gasteiger partial charge in [-0.3, -0.25) is 9.55 Å². The van der Waals surface area contributed by atoms with Crippen molar-refractivity contribution in [3.05, 3.63) is 35.7 Å².